The molecule has 1 unspecified atom stereocenters. The molecule has 6 heteroatoms. The van der Waals surface area contributed by atoms with Crippen molar-refractivity contribution in [3.8, 4) is 0 Å². The first-order valence-electron chi connectivity index (χ1n) is 6.54. The highest BCUT2D eigenvalue weighted by atomic mass is 16.5. The summed E-state index contributed by atoms with van der Waals surface area (Å²) in [5.41, 5.74) is 1.50. The van der Waals surface area contributed by atoms with Gasteiger partial charge in [-0.05, 0) is 25.0 Å². The number of benzene rings is 1. The minimum atomic E-state index is -0.944. The molecule has 0 aromatic heterocycles. The third-order valence-electron chi connectivity index (χ3n) is 2.91. The van der Waals surface area contributed by atoms with Gasteiger partial charge in [-0.3, -0.25) is 9.59 Å². The number of rotatable bonds is 6. The van der Waals surface area contributed by atoms with Crippen molar-refractivity contribution in [2.75, 3.05) is 12.4 Å². The van der Waals surface area contributed by atoms with Gasteiger partial charge < -0.3 is 15.2 Å². The number of aliphatic carboxylic acids is 1. The minimum absolute atomic E-state index is 0.0702. The van der Waals surface area contributed by atoms with Crippen LogP contribution >= 0.6 is 0 Å². The number of ether oxygens (including phenoxy) is 1. The predicted octanol–water partition coefficient (Wildman–Crippen LogP) is 2.22. The summed E-state index contributed by atoms with van der Waals surface area (Å²) in [5, 5.41) is 11.3. The lowest BCUT2D eigenvalue weighted by atomic mass is 10.0. The number of carbonyl (C=O) groups excluding carboxylic acids is 2. The highest BCUT2D eigenvalue weighted by molar-refractivity contribution is 6.01. The van der Waals surface area contributed by atoms with Crippen molar-refractivity contribution in [1.29, 1.82) is 0 Å². The number of esters is 1. The Morgan fingerprint density at radius 3 is 2.52 bits per heavy atom. The van der Waals surface area contributed by atoms with E-state index in [4.69, 9.17) is 5.11 Å². The van der Waals surface area contributed by atoms with E-state index in [1.54, 1.807) is 25.1 Å². The summed E-state index contributed by atoms with van der Waals surface area (Å²) in [4.78, 5) is 34.2. The number of methoxy groups -OCH3 is 1. The monoisotopic (exact) mass is 293 g/mol. The maximum Gasteiger partial charge on any atom is 0.339 e. The number of carboxylic acid groups (broad SMARTS) is 1. The zero-order valence-electron chi connectivity index (χ0n) is 12.3. The summed E-state index contributed by atoms with van der Waals surface area (Å²) in [6.45, 7) is 3.51. The Labute approximate surface area is 123 Å². The second-order valence-electron chi connectivity index (χ2n) is 5.00. The van der Waals surface area contributed by atoms with Gasteiger partial charge in [0.25, 0.3) is 0 Å². The van der Waals surface area contributed by atoms with Crippen LogP contribution in [0.25, 0.3) is 0 Å². The average molecular weight is 293 g/mol. The third-order valence-corrected chi connectivity index (χ3v) is 2.91. The van der Waals surface area contributed by atoms with E-state index in [0.29, 0.717) is 5.69 Å². The summed E-state index contributed by atoms with van der Waals surface area (Å²) in [6.07, 6.45) is -0.00797. The Bertz CT molecular complexity index is 553. The number of amides is 1. The lowest BCUT2D eigenvalue weighted by Crippen LogP contribution is -2.19. The standard InChI is InChI=1S/C15H19NO5/c1-9-4-5-12(11(6-9)15(20)21-3)16-13(17)7-10(2)8-14(18)19/h4-6,10H,7-8H2,1-3H3,(H,16,17)(H,18,19). The lowest BCUT2D eigenvalue weighted by molar-refractivity contribution is -0.138. The molecule has 0 radical (unpaired) electrons. The van der Waals surface area contributed by atoms with Crippen molar-refractivity contribution < 1.29 is 24.2 Å². The molecule has 1 amide bonds. The first kappa shape index (κ1) is 16.7. The molecule has 0 heterocycles. The summed E-state index contributed by atoms with van der Waals surface area (Å²) in [6, 6.07) is 5.02. The highest BCUT2D eigenvalue weighted by Gasteiger charge is 2.16. The van der Waals surface area contributed by atoms with Gasteiger partial charge in [-0.15, -0.1) is 0 Å². The predicted molar refractivity (Wildman–Crippen MR) is 77.2 cm³/mol. The van der Waals surface area contributed by atoms with Crippen LogP contribution in [0, 0.1) is 12.8 Å². The Morgan fingerprint density at radius 1 is 1.29 bits per heavy atom. The highest BCUT2D eigenvalue weighted by Crippen LogP contribution is 2.19. The lowest BCUT2D eigenvalue weighted by Gasteiger charge is -2.12. The quantitative estimate of drug-likeness (QED) is 0.784. The molecular formula is C15H19NO5. The summed E-state index contributed by atoms with van der Waals surface area (Å²) in [7, 11) is 1.27. The molecule has 0 fully saturated rings. The van der Waals surface area contributed by atoms with Crippen LogP contribution in [0.1, 0.15) is 35.7 Å². The van der Waals surface area contributed by atoms with Crippen LogP contribution in [0.3, 0.4) is 0 Å². The fraction of sp³-hybridized carbons (Fsp3) is 0.400. The molecule has 6 nitrogen and oxygen atoms in total. The fourth-order valence-electron chi connectivity index (χ4n) is 1.93. The van der Waals surface area contributed by atoms with Crippen molar-refractivity contribution in [3.05, 3.63) is 29.3 Å². The van der Waals surface area contributed by atoms with Crippen LogP contribution in [0.5, 0.6) is 0 Å². The van der Waals surface area contributed by atoms with Gasteiger partial charge in [0.1, 0.15) is 0 Å². The SMILES string of the molecule is COC(=O)c1cc(C)ccc1NC(=O)CC(C)CC(=O)O. The second-order valence-corrected chi connectivity index (χ2v) is 5.00. The van der Waals surface area contributed by atoms with Gasteiger partial charge >= 0.3 is 11.9 Å². The number of nitrogens with one attached hydrogen (secondary N) is 1. The Kier molecular flexibility index (Phi) is 5.90. The van der Waals surface area contributed by atoms with Crippen molar-refractivity contribution in [1.82, 2.24) is 0 Å². The molecule has 114 valence electrons. The van der Waals surface area contributed by atoms with Crippen molar-refractivity contribution >= 4 is 23.5 Å². The Morgan fingerprint density at radius 2 is 1.95 bits per heavy atom. The van der Waals surface area contributed by atoms with Gasteiger partial charge in [-0.2, -0.15) is 0 Å². The average Bonchev–Trinajstić information content (AvgIpc) is 2.38. The van der Waals surface area contributed by atoms with Gasteiger partial charge in [0, 0.05) is 12.8 Å². The zero-order chi connectivity index (χ0) is 16.0. The normalized spacial score (nSPS) is 11.6. The van der Waals surface area contributed by atoms with E-state index in [2.05, 4.69) is 10.1 Å². The van der Waals surface area contributed by atoms with Crippen LogP contribution in [0.2, 0.25) is 0 Å². The first-order valence-corrected chi connectivity index (χ1v) is 6.54. The summed E-state index contributed by atoms with van der Waals surface area (Å²) < 4.78 is 4.68. The maximum absolute atomic E-state index is 11.9. The Hall–Kier alpha value is -2.37. The van der Waals surface area contributed by atoms with Crippen molar-refractivity contribution in [2.24, 2.45) is 5.92 Å². The van der Waals surface area contributed by atoms with E-state index in [9.17, 15) is 14.4 Å². The number of aryl methyl sites for hydroxylation is 1. The number of hydrogen-bond acceptors (Lipinski definition) is 4. The third kappa shape index (κ3) is 5.25. The minimum Gasteiger partial charge on any atom is -0.481 e. The molecule has 0 bridgehead atoms. The van der Waals surface area contributed by atoms with E-state index in [1.165, 1.54) is 7.11 Å². The van der Waals surface area contributed by atoms with Crippen molar-refractivity contribution in [3.63, 3.8) is 0 Å². The van der Waals surface area contributed by atoms with Gasteiger partial charge in [0.2, 0.25) is 5.91 Å². The molecule has 21 heavy (non-hydrogen) atoms. The van der Waals surface area contributed by atoms with Gasteiger partial charge in [0.15, 0.2) is 0 Å². The molecular weight excluding hydrogens is 274 g/mol. The molecule has 0 aliphatic rings. The molecule has 1 rings (SSSR count). The van der Waals surface area contributed by atoms with E-state index in [-0.39, 0.29) is 30.2 Å². The maximum atomic E-state index is 11.9. The van der Waals surface area contributed by atoms with Crippen LogP contribution in [0.4, 0.5) is 5.69 Å². The molecule has 0 spiro atoms. The van der Waals surface area contributed by atoms with E-state index < -0.39 is 11.9 Å². The van der Waals surface area contributed by atoms with E-state index in [0.717, 1.165) is 5.56 Å². The van der Waals surface area contributed by atoms with Gasteiger partial charge in [-0.1, -0.05) is 18.6 Å². The van der Waals surface area contributed by atoms with Crippen molar-refractivity contribution in [2.45, 2.75) is 26.7 Å². The molecule has 0 saturated heterocycles. The number of hydrogen-bond donors (Lipinski definition) is 2. The topological polar surface area (TPSA) is 92.7 Å². The van der Waals surface area contributed by atoms with E-state index in [1.807, 2.05) is 6.92 Å². The molecule has 1 aromatic carbocycles. The molecule has 1 atom stereocenters. The number of carbonyl (C=O) groups is 3. The largest absolute Gasteiger partial charge is 0.481 e. The Balaban J connectivity index is 2.80. The van der Waals surface area contributed by atoms with Crippen LogP contribution in [0.15, 0.2) is 18.2 Å². The zero-order valence-corrected chi connectivity index (χ0v) is 12.3. The summed E-state index contributed by atoms with van der Waals surface area (Å²) >= 11 is 0. The second kappa shape index (κ2) is 7.42. The fourth-order valence-corrected chi connectivity index (χ4v) is 1.93. The van der Waals surface area contributed by atoms with Crippen LogP contribution in [-0.4, -0.2) is 30.1 Å². The molecule has 0 saturated carbocycles. The molecule has 1 aromatic rings. The smallest absolute Gasteiger partial charge is 0.339 e. The van der Waals surface area contributed by atoms with Gasteiger partial charge in [-0.25, -0.2) is 4.79 Å². The number of carboxylic acids is 1. The van der Waals surface area contributed by atoms with Crippen LogP contribution in [-0.2, 0) is 14.3 Å². The summed E-state index contributed by atoms with van der Waals surface area (Å²) in [5.74, 6) is -2.10. The van der Waals surface area contributed by atoms with Crippen LogP contribution < -0.4 is 5.32 Å². The van der Waals surface area contributed by atoms with Gasteiger partial charge in [0.05, 0.1) is 18.4 Å². The van der Waals surface area contributed by atoms with E-state index >= 15 is 0 Å². The molecule has 0 aliphatic carbocycles. The number of anilines is 1. The molecule has 2 N–H and O–H groups in total. The molecule has 0 aliphatic heterocycles. The first-order chi connectivity index (χ1) is 9.83.